The molecule has 0 aliphatic rings. The first-order chi connectivity index (χ1) is 7.16. The normalized spacial score (nSPS) is 10.3. The molecule has 0 saturated carbocycles. The highest BCUT2D eigenvalue weighted by atomic mass is 79.9. The predicted octanol–water partition coefficient (Wildman–Crippen LogP) is 2.79. The van der Waals surface area contributed by atoms with Crippen LogP contribution in [0.1, 0.15) is 15.2 Å². The summed E-state index contributed by atoms with van der Waals surface area (Å²) in [6.45, 7) is 1.88. The molecule has 2 aromatic rings. The van der Waals surface area contributed by atoms with E-state index >= 15 is 0 Å². The zero-order valence-electron chi connectivity index (χ0n) is 7.87. The highest BCUT2D eigenvalue weighted by Gasteiger charge is 2.10. The summed E-state index contributed by atoms with van der Waals surface area (Å²) in [4.78, 5) is 12.4. The summed E-state index contributed by atoms with van der Waals surface area (Å²) in [5.74, 6) is 0.516. The summed E-state index contributed by atoms with van der Waals surface area (Å²) in [5, 5.41) is 9.30. The number of thiophene rings is 1. The number of nitrogens with one attached hydrogen (secondary N) is 2. The van der Waals surface area contributed by atoms with Gasteiger partial charge in [-0.1, -0.05) is 0 Å². The number of aryl methyl sites for hydroxylation is 1. The van der Waals surface area contributed by atoms with Crippen molar-refractivity contribution in [3.8, 4) is 0 Å². The van der Waals surface area contributed by atoms with Crippen LogP contribution in [0.2, 0.25) is 0 Å². The molecule has 6 heteroatoms. The standard InChI is InChI=1S/C9H8BrN3OS/c1-5-4-11-13-8(5)12-9(14)6-2-3-7(10)15-6/h2-4H,1H3,(H2,11,12,13,14). The van der Waals surface area contributed by atoms with Crippen molar-refractivity contribution in [2.24, 2.45) is 0 Å². The molecule has 0 spiro atoms. The molecule has 2 rings (SSSR count). The van der Waals surface area contributed by atoms with Gasteiger partial charge in [-0.05, 0) is 35.0 Å². The highest BCUT2D eigenvalue weighted by molar-refractivity contribution is 9.11. The van der Waals surface area contributed by atoms with Gasteiger partial charge in [0.2, 0.25) is 0 Å². The van der Waals surface area contributed by atoms with E-state index in [4.69, 9.17) is 0 Å². The summed E-state index contributed by atoms with van der Waals surface area (Å²) in [7, 11) is 0. The van der Waals surface area contributed by atoms with Gasteiger partial charge in [0.15, 0.2) is 0 Å². The van der Waals surface area contributed by atoms with Gasteiger partial charge in [0.05, 0.1) is 14.9 Å². The molecule has 2 aromatic heterocycles. The first kappa shape index (κ1) is 10.4. The molecule has 2 heterocycles. The lowest BCUT2D eigenvalue weighted by Crippen LogP contribution is -2.11. The third kappa shape index (κ3) is 2.27. The van der Waals surface area contributed by atoms with Crippen LogP contribution in [0.5, 0.6) is 0 Å². The number of carbonyl (C=O) groups is 1. The van der Waals surface area contributed by atoms with Gasteiger partial charge in [0.1, 0.15) is 5.82 Å². The fourth-order valence-corrected chi connectivity index (χ4v) is 2.37. The fourth-order valence-electron chi connectivity index (χ4n) is 1.08. The number of rotatable bonds is 2. The van der Waals surface area contributed by atoms with E-state index in [1.165, 1.54) is 11.3 Å². The average molecular weight is 286 g/mol. The molecule has 15 heavy (non-hydrogen) atoms. The zero-order chi connectivity index (χ0) is 10.8. The Hall–Kier alpha value is -1.14. The molecule has 0 aliphatic carbocycles. The number of aromatic amines is 1. The molecule has 4 nitrogen and oxygen atoms in total. The Balaban J connectivity index is 2.14. The maximum atomic E-state index is 11.7. The van der Waals surface area contributed by atoms with Crippen LogP contribution >= 0.6 is 27.3 Å². The third-order valence-corrected chi connectivity index (χ3v) is 3.49. The number of H-pyrrole nitrogens is 1. The van der Waals surface area contributed by atoms with Crippen molar-refractivity contribution in [2.75, 3.05) is 5.32 Å². The van der Waals surface area contributed by atoms with Crippen LogP contribution in [0.15, 0.2) is 22.1 Å². The number of aromatic nitrogens is 2. The second-order valence-electron chi connectivity index (χ2n) is 2.99. The van der Waals surface area contributed by atoms with Crippen LogP contribution in [0.25, 0.3) is 0 Å². The quantitative estimate of drug-likeness (QED) is 0.891. The Morgan fingerprint density at radius 3 is 2.93 bits per heavy atom. The maximum absolute atomic E-state index is 11.7. The first-order valence-corrected chi connectivity index (χ1v) is 5.84. The molecular formula is C9H8BrN3OS. The number of halogens is 1. The lowest BCUT2D eigenvalue weighted by atomic mass is 10.3. The van der Waals surface area contributed by atoms with E-state index in [1.54, 1.807) is 12.3 Å². The minimum atomic E-state index is -0.127. The second-order valence-corrected chi connectivity index (χ2v) is 5.45. The van der Waals surface area contributed by atoms with Gasteiger partial charge in [0, 0.05) is 5.56 Å². The lowest BCUT2D eigenvalue weighted by molar-refractivity contribution is 0.103. The number of hydrogen-bond acceptors (Lipinski definition) is 3. The van der Waals surface area contributed by atoms with Crippen LogP contribution in [0, 0.1) is 6.92 Å². The molecule has 0 radical (unpaired) electrons. The van der Waals surface area contributed by atoms with Crippen LogP contribution in [-0.2, 0) is 0 Å². The Morgan fingerprint density at radius 1 is 1.60 bits per heavy atom. The molecule has 0 atom stereocenters. The Kier molecular flexibility index (Phi) is 2.88. The minimum Gasteiger partial charge on any atom is -0.306 e. The fraction of sp³-hybridized carbons (Fsp3) is 0.111. The smallest absolute Gasteiger partial charge is 0.266 e. The van der Waals surface area contributed by atoms with E-state index in [-0.39, 0.29) is 5.91 Å². The summed E-state index contributed by atoms with van der Waals surface area (Å²) >= 11 is 4.71. The van der Waals surface area contributed by atoms with Crippen LogP contribution in [0.4, 0.5) is 5.82 Å². The topological polar surface area (TPSA) is 57.8 Å². The van der Waals surface area contributed by atoms with Crippen molar-refractivity contribution in [3.63, 3.8) is 0 Å². The maximum Gasteiger partial charge on any atom is 0.266 e. The molecule has 78 valence electrons. The van der Waals surface area contributed by atoms with Gasteiger partial charge in [-0.25, -0.2) is 0 Å². The van der Waals surface area contributed by atoms with Gasteiger partial charge < -0.3 is 5.32 Å². The molecule has 0 unspecified atom stereocenters. The van der Waals surface area contributed by atoms with E-state index in [1.807, 2.05) is 13.0 Å². The van der Waals surface area contributed by atoms with Gasteiger partial charge in [-0.2, -0.15) is 5.10 Å². The van der Waals surface area contributed by atoms with Crippen molar-refractivity contribution in [3.05, 3.63) is 32.6 Å². The molecule has 0 bridgehead atoms. The zero-order valence-corrected chi connectivity index (χ0v) is 10.3. The number of carbonyl (C=O) groups excluding carboxylic acids is 1. The molecular weight excluding hydrogens is 278 g/mol. The van der Waals surface area contributed by atoms with Crippen molar-refractivity contribution in [1.82, 2.24) is 10.2 Å². The summed E-state index contributed by atoms with van der Waals surface area (Å²) in [6.07, 6.45) is 1.67. The Bertz CT molecular complexity index is 491. The molecule has 1 amide bonds. The number of hydrogen-bond donors (Lipinski definition) is 2. The Labute approximate surface area is 98.8 Å². The summed E-state index contributed by atoms with van der Waals surface area (Å²) < 4.78 is 0.939. The SMILES string of the molecule is Cc1cn[nH]c1NC(=O)c1ccc(Br)s1. The molecule has 0 saturated heterocycles. The van der Waals surface area contributed by atoms with Crippen molar-refractivity contribution in [2.45, 2.75) is 6.92 Å². The lowest BCUT2D eigenvalue weighted by Gasteiger charge is -2.00. The number of amides is 1. The van der Waals surface area contributed by atoms with E-state index in [0.29, 0.717) is 10.7 Å². The van der Waals surface area contributed by atoms with E-state index in [2.05, 4.69) is 31.4 Å². The van der Waals surface area contributed by atoms with Gasteiger partial charge in [0.25, 0.3) is 5.91 Å². The third-order valence-electron chi connectivity index (χ3n) is 1.86. The van der Waals surface area contributed by atoms with Crippen LogP contribution in [-0.4, -0.2) is 16.1 Å². The van der Waals surface area contributed by atoms with E-state index in [0.717, 1.165) is 9.35 Å². The molecule has 0 aliphatic heterocycles. The van der Waals surface area contributed by atoms with Crippen molar-refractivity contribution in [1.29, 1.82) is 0 Å². The van der Waals surface area contributed by atoms with E-state index < -0.39 is 0 Å². The van der Waals surface area contributed by atoms with Crippen molar-refractivity contribution < 1.29 is 4.79 Å². The second kappa shape index (κ2) is 4.16. The van der Waals surface area contributed by atoms with E-state index in [9.17, 15) is 4.79 Å². The largest absolute Gasteiger partial charge is 0.306 e. The van der Waals surface area contributed by atoms with Gasteiger partial charge in [-0.15, -0.1) is 11.3 Å². The summed E-state index contributed by atoms with van der Waals surface area (Å²) in [5.41, 5.74) is 0.916. The number of anilines is 1. The monoisotopic (exact) mass is 285 g/mol. The highest BCUT2D eigenvalue weighted by Crippen LogP contribution is 2.23. The van der Waals surface area contributed by atoms with Gasteiger partial charge in [-0.3, -0.25) is 9.89 Å². The van der Waals surface area contributed by atoms with Crippen LogP contribution in [0.3, 0.4) is 0 Å². The van der Waals surface area contributed by atoms with Crippen LogP contribution < -0.4 is 5.32 Å². The summed E-state index contributed by atoms with van der Waals surface area (Å²) in [6, 6.07) is 3.62. The number of nitrogens with zero attached hydrogens (tertiary/aromatic N) is 1. The molecule has 0 aromatic carbocycles. The molecule has 0 fully saturated rings. The minimum absolute atomic E-state index is 0.127. The molecule has 2 N–H and O–H groups in total. The average Bonchev–Trinajstić information content (AvgIpc) is 2.77. The van der Waals surface area contributed by atoms with Crippen molar-refractivity contribution >= 4 is 39.0 Å². The first-order valence-electron chi connectivity index (χ1n) is 4.23. The predicted molar refractivity (Wildman–Crippen MR) is 63.3 cm³/mol. The van der Waals surface area contributed by atoms with Gasteiger partial charge >= 0.3 is 0 Å². The Morgan fingerprint density at radius 2 is 2.40 bits per heavy atom.